The van der Waals surface area contributed by atoms with E-state index < -0.39 is 0 Å². The van der Waals surface area contributed by atoms with Gasteiger partial charge in [0.25, 0.3) is 5.91 Å². The van der Waals surface area contributed by atoms with E-state index in [1.807, 2.05) is 54.6 Å². The van der Waals surface area contributed by atoms with Crippen molar-refractivity contribution < 1.29 is 14.3 Å². The van der Waals surface area contributed by atoms with Gasteiger partial charge in [-0.3, -0.25) is 9.59 Å². The lowest BCUT2D eigenvalue weighted by Crippen LogP contribution is -2.28. The number of carbonyl (C=O) groups is 2. The van der Waals surface area contributed by atoms with Crippen LogP contribution in [0.5, 0.6) is 5.75 Å². The van der Waals surface area contributed by atoms with Crippen molar-refractivity contribution >= 4 is 41.4 Å². The Morgan fingerprint density at radius 2 is 1.64 bits per heavy atom. The summed E-state index contributed by atoms with van der Waals surface area (Å²) in [5.41, 5.74) is 5.45. The molecule has 6 nitrogen and oxygen atoms in total. The predicted octanol–water partition coefficient (Wildman–Crippen LogP) is 4.42. The van der Waals surface area contributed by atoms with Crippen LogP contribution in [0.3, 0.4) is 0 Å². The Kier molecular flexibility index (Phi) is 9.82. The first-order valence-corrected chi connectivity index (χ1v) is 11.8. The second kappa shape index (κ2) is 13.3. The SMILES string of the molecule is O=C(COc1ccc(/C=N\NC(=O)CSCc2ccc(Cl)cc2)cc1)NCc1ccccc1. The van der Waals surface area contributed by atoms with Gasteiger partial charge in [-0.25, -0.2) is 5.43 Å². The molecule has 0 aliphatic rings. The minimum atomic E-state index is -0.193. The van der Waals surface area contributed by atoms with Gasteiger partial charge in [0.15, 0.2) is 6.61 Å². The number of carbonyl (C=O) groups excluding carboxylic acids is 2. The van der Waals surface area contributed by atoms with E-state index in [1.165, 1.54) is 11.8 Å². The minimum absolute atomic E-state index is 0.0655. The Labute approximate surface area is 202 Å². The lowest BCUT2D eigenvalue weighted by Gasteiger charge is -2.08. The van der Waals surface area contributed by atoms with E-state index in [2.05, 4.69) is 15.8 Å². The molecule has 2 N–H and O–H groups in total. The Hall–Kier alpha value is -3.29. The van der Waals surface area contributed by atoms with Gasteiger partial charge in [0.2, 0.25) is 5.91 Å². The maximum Gasteiger partial charge on any atom is 0.258 e. The summed E-state index contributed by atoms with van der Waals surface area (Å²) in [5.74, 6) is 1.23. The summed E-state index contributed by atoms with van der Waals surface area (Å²) in [5, 5.41) is 7.48. The Bertz CT molecular complexity index is 1060. The number of nitrogens with one attached hydrogen (secondary N) is 2. The maximum atomic E-state index is 11.9. The van der Waals surface area contributed by atoms with E-state index >= 15 is 0 Å². The van der Waals surface area contributed by atoms with Gasteiger partial charge in [-0.05, 0) is 53.1 Å². The second-order valence-corrected chi connectivity index (χ2v) is 8.45. The number of rotatable bonds is 11. The summed E-state index contributed by atoms with van der Waals surface area (Å²) in [7, 11) is 0. The quantitative estimate of drug-likeness (QED) is 0.314. The zero-order chi connectivity index (χ0) is 23.3. The van der Waals surface area contributed by atoms with Gasteiger partial charge >= 0.3 is 0 Å². The van der Waals surface area contributed by atoms with Gasteiger partial charge in [0.05, 0.1) is 12.0 Å². The number of benzene rings is 3. The van der Waals surface area contributed by atoms with Gasteiger partial charge < -0.3 is 10.1 Å². The molecule has 0 saturated heterocycles. The molecule has 170 valence electrons. The number of nitrogens with zero attached hydrogens (tertiary/aromatic N) is 1. The average Bonchev–Trinajstić information content (AvgIpc) is 2.84. The molecule has 0 unspecified atom stereocenters. The fourth-order valence-electron chi connectivity index (χ4n) is 2.70. The summed E-state index contributed by atoms with van der Waals surface area (Å²) in [6.07, 6.45) is 1.55. The van der Waals surface area contributed by atoms with Gasteiger partial charge in [-0.2, -0.15) is 5.10 Å². The van der Waals surface area contributed by atoms with Crippen LogP contribution in [-0.4, -0.2) is 30.4 Å². The number of halogens is 1. The van der Waals surface area contributed by atoms with Gasteiger partial charge in [-0.15, -0.1) is 11.8 Å². The van der Waals surface area contributed by atoms with Gasteiger partial charge in [0.1, 0.15) is 5.75 Å². The van der Waals surface area contributed by atoms with Gasteiger partial charge in [-0.1, -0.05) is 54.1 Å². The van der Waals surface area contributed by atoms with E-state index in [1.54, 1.807) is 30.5 Å². The van der Waals surface area contributed by atoms with Crippen molar-refractivity contribution in [3.63, 3.8) is 0 Å². The molecule has 0 bridgehead atoms. The minimum Gasteiger partial charge on any atom is -0.484 e. The van der Waals surface area contributed by atoms with E-state index in [9.17, 15) is 9.59 Å². The van der Waals surface area contributed by atoms with Crippen molar-refractivity contribution in [1.29, 1.82) is 0 Å². The highest BCUT2D eigenvalue weighted by molar-refractivity contribution is 7.99. The van der Waals surface area contributed by atoms with Crippen LogP contribution < -0.4 is 15.5 Å². The second-order valence-electron chi connectivity index (χ2n) is 7.03. The summed E-state index contributed by atoms with van der Waals surface area (Å²) >= 11 is 7.36. The molecule has 0 spiro atoms. The number of hydrogen-bond donors (Lipinski definition) is 2. The van der Waals surface area contributed by atoms with E-state index in [-0.39, 0.29) is 18.4 Å². The summed E-state index contributed by atoms with van der Waals surface area (Å²) < 4.78 is 5.50. The van der Waals surface area contributed by atoms with Crippen molar-refractivity contribution in [2.24, 2.45) is 5.10 Å². The highest BCUT2D eigenvalue weighted by Gasteiger charge is 2.03. The first-order chi connectivity index (χ1) is 16.1. The molecule has 8 heteroatoms. The highest BCUT2D eigenvalue weighted by atomic mass is 35.5. The standard InChI is InChI=1S/C25H24ClN3O3S/c26-22-10-6-21(7-11-22)17-33-18-25(31)29-28-15-20-8-12-23(13-9-20)32-16-24(30)27-14-19-4-2-1-3-5-19/h1-13,15H,14,16-18H2,(H,27,30)(H,29,31)/b28-15-. The molecule has 33 heavy (non-hydrogen) atoms. The summed E-state index contributed by atoms with van der Waals surface area (Å²) in [6, 6.07) is 24.3. The number of thioether (sulfide) groups is 1. The largest absolute Gasteiger partial charge is 0.484 e. The predicted molar refractivity (Wildman–Crippen MR) is 134 cm³/mol. The van der Waals surface area contributed by atoms with Crippen molar-refractivity contribution in [2.75, 3.05) is 12.4 Å². The zero-order valence-corrected chi connectivity index (χ0v) is 19.4. The van der Waals surface area contributed by atoms with Crippen molar-refractivity contribution in [1.82, 2.24) is 10.7 Å². The fraction of sp³-hybridized carbons (Fsp3) is 0.160. The number of hydrazone groups is 1. The molecular formula is C25H24ClN3O3S. The monoisotopic (exact) mass is 481 g/mol. The lowest BCUT2D eigenvalue weighted by atomic mass is 10.2. The van der Waals surface area contributed by atoms with Gasteiger partial charge in [0, 0.05) is 17.3 Å². The Morgan fingerprint density at radius 3 is 2.36 bits per heavy atom. The lowest BCUT2D eigenvalue weighted by molar-refractivity contribution is -0.123. The molecule has 0 aliphatic heterocycles. The molecule has 3 aromatic rings. The smallest absolute Gasteiger partial charge is 0.258 e. The fourth-order valence-corrected chi connectivity index (χ4v) is 3.61. The van der Waals surface area contributed by atoms with Crippen LogP contribution in [-0.2, 0) is 21.9 Å². The van der Waals surface area contributed by atoms with Crippen molar-refractivity contribution in [3.05, 3.63) is 101 Å². The van der Waals surface area contributed by atoms with Crippen molar-refractivity contribution in [2.45, 2.75) is 12.3 Å². The van der Waals surface area contributed by atoms with E-state index in [4.69, 9.17) is 16.3 Å². The topological polar surface area (TPSA) is 79.8 Å². The molecule has 0 fully saturated rings. The van der Waals surface area contributed by atoms with Crippen LogP contribution in [0.25, 0.3) is 0 Å². The molecule has 3 aromatic carbocycles. The van der Waals surface area contributed by atoms with Crippen LogP contribution in [0.2, 0.25) is 5.02 Å². The molecule has 0 atom stereocenters. The molecule has 0 aromatic heterocycles. The number of amides is 2. The van der Waals surface area contributed by atoms with Crippen LogP contribution in [0.15, 0.2) is 84.0 Å². The zero-order valence-electron chi connectivity index (χ0n) is 17.9. The third-order valence-corrected chi connectivity index (χ3v) is 5.66. The third-order valence-electron chi connectivity index (χ3n) is 4.40. The molecule has 3 rings (SSSR count). The van der Waals surface area contributed by atoms with Crippen LogP contribution >= 0.6 is 23.4 Å². The van der Waals surface area contributed by atoms with Crippen LogP contribution in [0, 0.1) is 0 Å². The first kappa shape index (κ1) is 24.4. The molecule has 0 heterocycles. The summed E-state index contributed by atoms with van der Waals surface area (Å²) in [6.45, 7) is 0.397. The number of ether oxygens (including phenoxy) is 1. The number of hydrogen-bond acceptors (Lipinski definition) is 5. The normalized spacial score (nSPS) is 10.7. The first-order valence-electron chi connectivity index (χ1n) is 10.3. The van der Waals surface area contributed by atoms with E-state index in [0.29, 0.717) is 23.1 Å². The Morgan fingerprint density at radius 1 is 0.909 bits per heavy atom. The average molecular weight is 482 g/mol. The van der Waals surface area contributed by atoms with Crippen molar-refractivity contribution in [3.8, 4) is 5.75 Å². The highest BCUT2D eigenvalue weighted by Crippen LogP contribution is 2.15. The van der Waals surface area contributed by atoms with Crippen LogP contribution in [0.1, 0.15) is 16.7 Å². The molecule has 0 aliphatic carbocycles. The Balaban J connectivity index is 1.32. The summed E-state index contributed by atoms with van der Waals surface area (Å²) in [4.78, 5) is 23.8. The molecular weight excluding hydrogens is 458 g/mol. The van der Waals surface area contributed by atoms with E-state index in [0.717, 1.165) is 22.4 Å². The molecule has 0 saturated carbocycles. The third kappa shape index (κ3) is 9.39. The molecule has 2 amide bonds. The molecule has 0 radical (unpaired) electrons. The maximum absolute atomic E-state index is 11.9. The van der Waals surface area contributed by atoms with Crippen LogP contribution in [0.4, 0.5) is 0 Å².